The zero-order chi connectivity index (χ0) is 15.1. The predicted molar refractivity (Wildman–Crippen MR) is 88.8 cm³/mol. The van der Waals surface area contributed by atoms with Crippen molar-refractivity contribution in [3.8, 4) is 5.69 Å². The average molecular weight is 348 g/mol. The third-order valence-electron chi connectivity index (χ3n) is 3.70. The van der Waals surface area contributed by atoms with Gasteiger partial charge in [-0.2, -0.15) is 5.10 Å². The molecule has 6 heteroatoms. The smallest absolute Gasteiger partial charge is 0.207 e. The van der Waals surface area contributed by atoms with Gasteiger partial charge >= 0.3 is 0 Å². The minimum Gasteiger partial charge on any atom is -0.369 e. The Balaban J connectivity index is 2.37. The normalized spacial score (nSPS) is 11.4. The predicted octanol–water partition coefficient (Wildman–Crippen LogP) is 3.46. The molecule has 0 aliphatic rings. The van der Waals surface area contributed by atoms with Gasteiger partial charge in [0.15, 0.2) is 5.65 Å². The van der Waals surface area contributed by atoms with E-state index in [9.17, 15) is 0 Å². The summed E-state index contributed by atoms with van der Waals surface area (Å²) in [5.74, 6) is 0.504. The summed E-state index contributed by atoms with van der Waals surface area (Å²) in [5.41, 5.74) is 11.2. The number of aryl methyl sites for hydroxylation is 3. The number of nitrogen functional groups attached to an aromatic ring is 1. The number of hydrogen-bond acceptors (Lipinski definition) is 3. The number of nitrogens with zero attached hydrogens (tertiary/aromatic N) is 4. The molecule has 0 aliphatic carbocycles. The molecule has 2 N–H and O–H groups in total. The van der Waals surface area contributed by atoms with Crippen LogP contribution in [0.3, 0.4) is 0 Å². The van der Waals surface area contributed by atoms with Gasteiger partial charge in [-0.05, 0) is 44.0 Å². The summed E-state index contributed by atoms with van der Waals surface area (Å²) in [6, 6.07) is 6.22. The van der Waals surface area contributed by atoms with Crippen LogP contribution in [0.15, 0.2) is 22.7 Å². The molecule has 3 rings (SSSR count). The highest BCUT2D eigenvalue weighted by molar-refractivity contribution is 9.10. The molecule has 2 heterocycles. The lowest BCUT2D eigenvalue weighted by molar-refractivity contribution is 0.663. The fourth-order valence-corrected chi connectivity index (χ4v) is 3.11. The van der Waals surface area contributed by atoms with Gasteiger partial charge in [-0.15, -0.1) is 0 Å². The minimum absolute atomic E-state index is 0.504. The highest BCUT2D eigenvalue weighted by Crippen LogP contribution is 2.29. The lowest BCUT2D eigenvalue weighted by atomic mass is 10.1. The van der Waals surface area contributed by atoms with Crippen molar-refractivity contribution in [1.82, 2.24) is 19.3 Å². The molecule has 0 bridgehead atoms. The summed E-state index contributed by atoms with van der Waals surface area (Å²) in [4.78, 5) is 4.50. The molecule has 0 spiro atoms. The Kier molecular flexibility index (Phi) is 3.49. The second-order valence-corrected chi connectivity index (χ2v) is 5.92. The van der Waals surface area contributed by atoms with Crippen LogP contribution in [0.25, 0.3) is 16.9 Å². The van der Waals surface area contributed by atoms with Gasteiger partial charge in [0, 0.05) is 11.0 Å². The van der Waals surface area contributed by atoms with E-state index in [0.717, 1.165) is 40.0 Å². The lowest BCUT2D eigenvalue weighted by Crippen LogP contribution is -2.08. The summed E-state index contributed by atoms with van der Waals surface area (Å²) in [7, 11) is 0. The van der Waals surface area contributed by atoms with E-state index in [2.05, 4.69) is 52.0 Å². The molecule has 0 amide bonds. The first-order valence-corrected chi connectivity index (χ1v) is 7.86. The van der Waals surface area contributed by atoms with Crippen molar-refractivity contribution in [2.75, 3.05) is 5.73 Å². The first kappa shape index (κ1) is 14.1. The van der Waals surface area contributed by atoms with Crippen molar-refractivity contribution in [2.24, 2.45) is 0 Å². The number of benzene rings is 1. The molecule has 3 aromatic rings. The van der Waals surface area contributed by atoms with Crippen LogP contribution >= 0.6 is 15.9 Å². The molecule has 0 saturated heterocycles. The first-order valence-electron chi connectivity index (χ1n) is 7.06. The highest BCUT2D eigenvalue weighted by Gasteiger charge is 2.19. The number of hydrogen-bond donors (Lipinski definition) is 1. The molecule has 0 fully saturated rings. The van der Waals surface area contributed by atoms with Crippen molar-refractivity contribution < 1.29 is 0 Å². The molecule has 5 nitrogen and oxygen atoms in total. The van der Waals surface area contributed by atoms with E-state index in [-0.39, 0.29) is 0 Å². The number of nitrogens with two attached hydrogens (primary N) is 1. The van der Waals surface area contributed by atoms with Gasteiger partial charge in [0.1, 0.15) is 5.52 Å². The van der Waals surface area contributed by atoms with E-state index in [1.807, 2.05) is 22.2 Å². The summed E-state index contributed by atoms with van der Waals surface area (Å²) in [6.07, 6.45) is 0.924. The van der Waals surface area contributed by atoms with E-state index < -0.39 is 0 Å². The maximum absolute atomic E-state index is 6.18. The van der Waals surface area contributed by atoms with Crippen LogP contribution in [0.2, 0.25) is 0 Å². The summed E-state index contributed by atoms with van der Waals surface area (Å²) >= 11 is 3.53. The largest absolute Gasteiger partial charge is 0.369 e. The van der Waals surface area contributed by atoms with Crippen molar-refractivity contribution in [3.63, 3.8) is 0 Å². The maximum atomic E-state index is 6.18. The zero-order valence-corrected chi connectivity index (χ0v) is 14.0. The molecule has 0 radical (unpaired) electrons. The number of rotatable bonds is 3. The molecule has 110 valence electrons. The number of imidazole rings is 1. The minimum atomic E-state index is 0.504. The van der Waals surface area contributed by atoms with E-state index in [1.54, 1.807) is 0 Å². The Morgan fingerprint density at radius 1 is 1.29 bits per heavy atom. The molecule has 0 saturated carbocycles. The summed E-state index contributed by atoms with van der Waals surface area (Å²) in [6.45, 7) is 6.96. The van der Waals surface area contributed by atoms with Crippen molar-refractivity contribution >= 4 is 33.0 Å². The van der Waals surface area contributed by atoms with Gasteiger partial charge in [-0.3, -0.25) is 4.57 Å². The molecule has 0 aliphatic heterocycles. The van der Waals surface area contributed by atoms with Crippen LogP contribution in [-0.4, -0.2) is 19.3 Å². The van der Waals surface area contributed by atoms with Crippen LogP contribution < -0.4 is 5.73 Å². The third kappa shape index (κ3) is 2.14. The van der Waals surface area contributed by atoms with Crippen molar-refractivity contribution in [2.45, 2.75) is 33.7 Å². The SMILES string of the molecule is CCc1cc(Br)ccc1-n1c(N)nc2c(C)nn(CC)c21. The maximum Gasteiger partial charge on any atom is 0.207 e. The quantitative estimate of drug-likeness (QED) is 0.789. The van der Waals surface area contributed by atoms with E-state index in [1.165, 1.54) is 5.56 Å². The lowest BCUT2D eigenvalue weighted by Gasteiger charge is -2.12. The van der Waals surface area contributed by atoms with E-state index in [4.69, 9.17) is 5.73 Å². The molecular formula is C15H18BrN5. The Morgan fingerprint density at radius 2 is 2.05 bits per heavy atom. The Hall–Kier alpha value is -1.82. The zero-order valence-electron chi connectivity index (χ0n) is 12.4. The van der Waals surface area contributed by atoms with Crippen molar-refractivity contribution in [3.05, 3.63) is 33.9 Å². The van der Waals surface area contributed by atoms with Crippen LogP contribution in [0.5, 0.6) is 0 Å². The van der Waals surface area contributed by atoms with Crippen LogP contribution in [0, 0.1) is 6.92 Å². The molecule has 1 aromatic carbocycles. The number of halogens is 1. The second kappa shape index (κ2) is 5.18. The number of anilines is 1. The van der Waals surface area contributed by atoms with Gasteiger partial charge in [0.2, 0.25) is 5.95 Å². The molecular weight excluding hydrogens is 330 g/mol. The highest BCUT2D eigenvalue weighted by atomic mass is 79.9. The molecule has 0 unspecified atom stereocenters. The summed E-state index contributed by atoms with van der Waals surface area (Å²) < 4.78 is 5.03. The van der Waals surface area contributed by atoms with Gasteiger partial charge in [-0.1, -0.05) is 22.9 Å². The number of fused-ring (bicyclic) bond motifs is 1. The first-order chi connectivity index (χ1) is 10.1. The fraction of sp³-hybridized carbons (Fsp3) is 0.333. The molecule has 0 atom stereocenters. The van der Waals surface area contributed by atoms with E-state index >= 15 is 0 Å². The number of aromatic nitrogens is 4. The summed E-state index contributed by atoms with van der Waals surface area (Å²) in [5, 5.41) is 4.54. The van der Waals surface area contributed by atoms with Crippen LogP contribution in [0.1, 0.15) is 25.1 Å². The molecule has 2 aromatic heterocycles. The Bertz CT molecular complexity index is 815. The Morgan fingerprint density at radius 3 is 2.71 bits per heavy atom. The van der Waals surface area contributed by atoms with Gasteiger partial charge < -0.3 is 5.73 Å². The third-order valence-corrected chi connectivity index (χ3v) is 4.19. The van der Waals surface area contributed by atoms with Gasteiger partial charge in [0.25, 0.3) is 0 Å². The van der Waals surface area contributed by atoms with E-state index in [0.29, 0.717) is 5.95 Å². The van der Waals surface area contributed by atoms with Crippen molar-refractivity contribution in [1.29, 1.82) is 0 Å². The van der Waals surface area contributed by atoms with Crippen LogP contribution in [-0.2, 0) is 13.0 Å². The fourth-order valence-electron chi connectivity index (χ4n) is 2.70. The molecule has 21 heavy (non-hydrogen) atoms. The van der Waals surface area contributed by atoms with Crippen LogP contribution in [0.4, 0.5) is 5.95 Å². The van der Waals surface area contributed by atoms with Gasteiger partial charge in [0.05, 0.1) is 11.4 Å². The topological polar surface area (TPSA) is 61.7 Å². The second-order valence-electron chi connectivity index (χ2n) is 5.01. The monoisotopic (exact) mass is 347 g/mol. The standard InChI is InChI=1S/C15H18BrN5/c1-4-10-8-11(16)6-7-12(10)21-14-13(18-15(21)17)9(3)19-20(14)5-2/h6-8H,4-5H2,1-3H3,(H2,17,18). The average Bonchev–Trinajstić information content (AvgIpc) is 2.96. The van der Waals surface area contributed by atoms with Gasteiger partial charge in [-0.25, -0.2) is 9.67 Å². The Labute approximate surface area is 131 Å².